The highest BCUT2D eigenvalue weighted by Crippen LogP contribution is 2.31. The highest BCUT2D eigenvalue weighted by Gasteiger charge is 2.28. The van der Waals surface area contributed by atoms with Gasteiger partial charge in [0.25, 0.3) is 0 Å². The van der Waals surface area contributed by atoms with Gasteiger partial charge in [-0.05, 0) is 31.9 Å². The fraction of sp³-hybridized carbons (Fsp3) is 1.00. The molecule has 1 rings (SSSR count). The first kappa shape index (κ1) is 10.4. The van der Waals surface area contributed by atoms with Crippen LogP contribution in [0, 0.1) is 0 Å². The smallest absolute Gasteiger partial charge is 0.0276 e. The van der Waals surface area contributed by atoms with Crippen LogP contribution in [0.2, 0.25) is 0 Å². The first-order valence-corrected chi connectivity index (χ1v) is 6.27. The number of rotatable bonds is 6. The fourth-order valence-corrected chi connectivity index (χ4v) is 2.28. The first-order chi connectivity index (χ1) is 5.76. The summed E-state index contributed by atoms with van der Waals surface area (Å²) >= 11 is 2.02. The lowest BCUT2D eigenvalue weighted by molar-refractivity contribution is 0.493. The van der Waals surface area contributed by atoms with Crippen LogP contribution in [0.25, 0.3) is 0 Å². The maximum absolute atomic E-state index is 3.63. The second-order valence-electron chi connectivity index (χ2n) is 3.75. The molecule has 0 atom stereocenters. The molecule has 1 fully saturated rings. The zero-order valence-corrected chi connectivity index (χ0v) is 9.34. The zero-order valence-electron chi connectivity index (χ0n) is 8.52. The standard InChI is InChI=1S/C10H21NS/c1-4-10(5-2,12-3)8-11-9-6-7-9/h9,11H,4-8H2,1-3H3. The first-order valence-electron chi connectivity index (χ1n) is 5.05. The Morgan fingerprint density at radius 3 is 2.25 bits per heavy atom. The lowest BCUT2D eigenvalue weighted by atomic mass is 10.0. The summed E-state index contributed by atoms with van der Waals surface area (Å²) in [4.78, 5) is 0. The SMILES string of the molecule is CCC(CC)(CNC1CC1)SC. The topological polar surface area (TPSA) is 12.0 Å². The van der Waals surface area contributed by atoms with E-state index in [9.17, 15) is 0 Å². The van der Waals surface area contributed by atoms with Crippen molar-refractivity contribution in [2.75, 3.05) is 12.8 Å². The van der Waals surface area contributed by atoms with E-state index in [0.717, 1.165) is 6.04 Å². The van der Waals surface area contributed by atoms with Gasteiger partial charge in [-0.15, -0.1) is 0 Å². The number of hydrogen-bond acceptors (Lipinski definition) is 2. The van der Waals surface area contributed by atoms with Gasteiger partial charge in [0.05, 0.1) is 0 Å². The quantitative estimate of drug-likeness (QED) is 0.686. The molecule has 0 saturated heterocycles. The molecule has 0 radical (unpaired) electrons. The van der Waals surface area contributed by atoms with Crippen LogP contribution in [-0.4, -0.2) is 23.6 Å². The van der Waals surface area contributed by atoms with Gasteiger partial charge in [0.1, 0.15) is 0 Å². The maximum atomic E-state index is 3.63. The van der Waals surface area contributed by atoms with Gasteiger partial charge in [-0.1, -0.05) is 13.8 Å². The third kappa shape index (κ3) is 2.67. The Hall–Kier alpha value is 0.310. The van der Waals surface area contributed by atoms with E-state index >= 15 is 0 Å². The van der Waals surface area contributed by atoms with Gasteiger partial charge in [0.2, 0.25) is 0 Å². The molecular weight excluding hydrogens is 166 g/mol. The van der Waals surface area contributed by atoms with Gasteiger partial charge < -0.3 is 5.32 Å². The molecule has 72 valence electrons. The van der Waals surface area contributed by atoms with E-state index < -0.39 is 0 Å². The Kier molecular flexibility index (Phi) is 3.91. The van der Waals surface area contributed by atoms with E-state index in [1.165, 1.54) is 32.2 Å². The Balaban J connectivity index is 2.28. The van der Waals surface area contributed by atoms with Crippen LogP contribution in [-0.2, 0) is 0 Å². The number of thioether (sulfide) groups is 1. The van der Waals surface area contributed by atoms with Crippen molar-refractivity contribution in [1.82, 2.24) is 5.32 Å². The largest absolute Gasteiger partial charge is 0.313 e. The van der Waals surface area contributed by atoms with E-state index in [0.29, 0.717) is 4.75 Å². The van der Waals surface area contributed by atoms with Gasteiger partial charge >= 0.3 is 0 Å². The Morgan fingerprint density at radius 1 is 1.33 bits per heavy atom. The maximum Gasteiger partial charge on any atom is 0.0276 e. The van der Waals surface area contributed by atoms with Crippen molar-refractivity contribution in [3.63, 3.8) is 0 Å². The van der Waals surface area contributed by atoms with Crippen molar-refractivity contribution in [2.45, 2.75) is 50.3 Å². The highest BCUT2D eigenvalue weighted by atomic mass is 32.2. The molecule has 12 heavy (non-hydrogen) atoms. The predicted octanol–water partition coefficient (Wildman–Crippen LogP) is 2.66. The molecule has 0 amide bonds. The molecule has 0 aromatic rings. The van der Waals surface area contributed by atoms with Crippen molar-refractivity contribution in [1.29, 1.82) is 0 Å². The summed E-state index contributed by atoms with van der Waals surface area (Å²) in [6.07, 6.45) is 7.60. The summed E-state index contributed by atoms with van der Waals surface area (Å²) in [5.41, 5.74) is 0. The molecule has 0 heterocycles. The Bertz CT molecular complexity index is 120. The molecule has 0 unspecified atom stereocenters. The monoisotopic (exact) mass is 187 g/mol. The Labute approximate surface area is 80.7 Å². The molecule has 0 aliphatic heterocycles. The van der Waals surface area contributed by atoms with Crippen LogP contribution < -0.4 is 5.32 Å². The summed E-state index contributed by atoms with van der Waals surface area (Å²) in [6.45, 7) is 5.80. The molecule has 1 N–H and O–H groups in total. The summed E-state index contributed by atoms with van der Waals surface area (Å²) in [7, 11) is 0. The Morgan fingerprint density at radius 2 is 1.92 bits per heavy atom. The normalized spacial score (nSPS) is 18.2. The third-order valence-electron chi connectivity index (χ3n) is 3.01. The summed E-state index contributed by atoms with van der Waals surface area (Å²) in [5.74, 6) is 0. The van der Waals surface area contributed by atoms with E-state index in [-0.39, 0.29) is 0 Å². The minimum atomic E-state index is 0.503. The molecule has 0 aromatic heterocycles. The van der Waals surface area contributed by atoms with Crippen LogP contribution in [0.5, 0.6) is 0 Å². The molecule has 1 aliphatic rings. The third-order valence-corrected chi connectivity index (χ3v) is 4.60. The van der Waals surface area contributed by atoms with Gasteiger partial charge in [-0.25, -0.2) is 0 Å². The molecular formula is C10H21NS. The van der Waals surface area contributed by atoms with Gasteiger partial charge in [0, 0.05) is 17.3 Å². The van der Waals surface area contributed by atoms with Crippen LogP contribution in [0.3, 0.4) is 0 Å². The van der Waals surface area contributed by atoms with Crippen molar-refractivity contribution in [3.8, 4) is 0 Å². The summed E-state index contributed by atoms with van der Waals surface area (Å²) < 4.78 is 0.503. The summed E-state index contributed by atoms with van der Waals surface area (Å²) in [5, 5.41) is 3.63. The lowest BCUT2D eigenvalue weighted by Gasteiger charge is -2.30. The second-order valence-corrected chi connectivity index (χ2v) is 5.02. The molecule has 2 heteroatoms. The zero-order chi connectivity index (χ0) is 9.03. The molecule has 0 aromatic carbocycles. The van der Waals surface area contributed by atoms with E-state index in [1.807, 2.05) is 11.8 Å². The van der Waals surface area contributed by atoms with Crippen molar-refractivity contribution >= 4 is 11.8 Å². The van der Waals surface area contributed by atoms with Gasteiger partial charge in [-0.3, -0.25) is 0 Å². The molecule has 1 aliphatic carbocycles. The van der Waals surface area contributed by atoms with Crippen LogP contribution in [0.15, 0.2) is 0 Å². The van der Waals surface area contributed by atoms with E-state index in [1.54, 1.807) is 0 Å². The molecule has 0 spiro atoms. The van der Waals surface area contributed by atoms with Crippen molar-refractivity contribution in [2.24, 2.45) is 0 Å². The second kappa shape index (κ2) is 4.52. The fourth-order valence-electron chi connectivity index (χ4n) is 1.48. The van der Waals surface area contributed by atoms with E-state index in [2.05, 4.69) is 25.4 Å². The van der Waals surface area contributed by atoms with Gasteiger partial charge in [-0.2, -0.15) is 11.8 Å². The van der Waals surface area contributed by atoms with Crippen molar-refractivity contribution < 1.29 is 0 Å². The predicted molar refractivity (Wildman–Crippen MR) is 57.9 cm³/mol. The molecule has 1 saturated carbocycles. The molecule has 0 bridgehead atoms. The average molecular weight is 187 g/mol. The molecule has 1 nitrogen and oxygen atoms in total. The van der Waals surface area contributed by atoms with Crippen LogP contribution in [0.1, 0.15) is 39.5 Å². The average Bonchev–Trinajstić information content (AvgIpc) is 2.92. The minimum Gasteiger partial charge on any atom is -0.313 e. The highest BCUT2D eigenvalue weighted by molar-refractivity contribution is 8.00. The summed E-state index contributed by atoms with van der Waals surface area (Å²) in [6, 6.07) is 0.856. The van der Waals surface area contributed by atoms with Crippen LogP contribution >= 0.6 is 11.8 Å². The van der Waals surface area contributed by atoms with Crippen molar-refractivity contribution in [3.05, 3.63) is 0 Å². The number of hydrogen-bond donors (Lipinski definition) is 1. The van der Waals surface area contributed by atoms with Crippen LogP contribution in [0.4, 0.5) is 0 Å². The minimum absolute atomic E-state index is 0.503. The number of nitrogens with one attached hydrogen (secondary N) is 1. The van der Waals surface area contributed by atoms with Gasteiger partial charge in [0.15, 0.2) is 0 Å². The lowest BCUT2D eigenvalue weighted by Crippen LogP contribution is -2.37. The van der Waals surface area contributed by atoms with E-state index in [4.69, 9.17) is 0 Å².